The summed E-state index contributed by atoms with van der Waals surface area (Å²) in [6, 6.07) is 0.197. The number of hydrogen-bond acceptors (Lipinski definition) is 3. The zero-order valence-electron chi connectivity index (χ0n) is 9.91. The second kappa shape index (κ2) is 6.08. The van der Waals surface area contributed by atoms with E-state index in [1.807, 2.05) is 11.9 Å². The lowest BCUT2D eigenvalue weighted by atomic mass is 10.1. The van der Waals surface area contributed by atoms with Crippen molar-refractivity contribution < 1.29 is 4.79 Å². The van der Waals surface area contributed by atoms with Crippen LogP contribution in [-0.4, -0.2) is 55.0 Å². The molecule has 1 rings (SSSR count). The second-order valence-corrected chi connectivity index (χ2v) is 4.25. The van der Waals surface area contributed by atoms with E-state index >= 15 is 0 Å². The number of carbonyl (C=O) groups is 1. The molecule has 4 nitrogen and oxygen atoms in total. The Labute approximate surface area is 92.4 Å². The van der Waals surface area contributed by atoms with Crippen molar-refractivity contribution in [3.05, 3.63) is 0 Å². The fourth-order valence-corrected chi connectivity index (χ4v) is 1.97. The van der Waals surface area contributed by atoms with Crippen molar-refractivity contribution in [2.24, 2.45) is 5.73 Å². The van der Waals surface area contributed by atoms with E-state index in [0.29, 0.717) is 13.0 Å². The molecule has 0 spiro atoms. The zero-order valence-corrected chi connectivity index (χ0v) is 9.91. The minimum Gasteiger partial charge on any atom is -0.343 e. The van der Waals surface area contributed by atoms with Crippen LogP contribution in [0, 0.1) is 0 Å². The van der Waals surface area contributed by atoms with Gasteiger partial charge >= 0.3 is 0 Å². The summed E-state index contributed by atoms with van der Waals surface area (Å²) in [6.45, 7) is 5.46. The molecule has 15 heavy (non-hydrogen) atoms. The fourth-order valence-electron chi connectivity index (χ4n) is 1.97. The van der Waals surface area contributed by atoms with Crippen LogP contribution < -0.4 is 5.73 Å². The highest BCUT2D eigenvalue weighted by atomic mass is 16.2. The van der Waals surface area contributed by atoms with Gasteiger partial charge in [0.25, 0.3) is 0 Å². The normalized spacial score (nSPS) is 18.5. The number of nitrogens with zero attached hydrogens (tertiary/aromatic N) is 2. The number of rotatable bonds is 5. The molecule has 1 saturated heterocycles. The van der Waals surface area contributed by atoms with Gasteiger partial charge in [-0.2, -0.15) is 0 Å². The Kier molecular flexibility index (Phi) is 5.05. The molecule has 0 aromatic heterocycles. The molecule has 0 radical (unpaired) electrons. The summed E-state index contributed by atoms with van der Waals surface area (Å²) in [5, 5.41) is 0. The van der Waals surface area contributed by atoms with Crippen LogP contribution in [-0.2, 0) is 4.79 Å². The quantitative estimate of drug-likeness (QED) is 0.713. The van der Waals surface area contributed by atoms with E-state index in [-0.39, 0.29) is 11.9 Å². The van der Waals surface area contributed by atoms with Crippen molar-refractivity contribution in [3.63, 3.8) is 0 Å². The summed E-state index contributed by atoms with van der Waals surface area (Å²) < 4.78 is 0. The molecule has 0 aromatic rings. The topological polar surface area (TPSA) is 49.6 Å². The molecule has 1 aliphatic heterocycles. The maximum atomic E-state index is 11.9. The third-order valence-corrected chi connectivity index (χ3v) is 3.26. The van der Waals surface area contributed by atoms with E-state index in [0.717, 1.165) is 32.5 Å². The maximum Gasteiger partial charge on any atom is 0.224 e. The first-order valence-corrected chi connectivity index (χ1v) is 5.87. The van der Waals surface area contributed by atoms with Gasteiger partial charge in [-0.05, 0) is 26.4 Å². The van der Waals surface area contributed by atoms with Gasteiger partial charge in [-0.1, -0.05) is 6.92 Å². The minimum atomic E-state index is 0.197. The van der Waals surface area contributed by atoms with E-state index in [4.69, 9.17) is 5.73 Å². The van der Waals surface area contributed by atoms with E-state index in [2.05, 4.69) is 11.8 Å². The second-order valence-electron chi connectivity index (χ2n) is 4.25. The summed E-state index contributed by atoms with van der Waals surface area (Å²) in [5.74, 6) is 0.267. The molecule has 1 atom stereocenters. The van der Waals surface area contributed by atoms with Crippen molar-refractivity contribution in [1.82, 2.24) is 9.80 Å². The largest absolute Gasteiger partial charge is 0.343 e. The van der Waals surface area contributed by atoms with E-state index < -0.39 is 0 Å². The molecule has 4 heteroatoms. The number of nitrogens with two attached hydrogens (primary N) is 1. The monoisotopic (exact) mass is 213 g/mol. The van der Waals surface area contributed by atoms with Crippen LogP contribution in [0.25, 0.3) is 0 Å². The Morgan fingerprint density at radius 3 is 2.53 bits per heavy atom. The summed E-state index contributed by atoms with van der Waals surface area (Å²) in [6.07, 6.45) is 2.88. The first kappa shape index (κ1) is 12.5. The van der Waals surface area contributed by atoms with Gasteiger partial charge in [-0.3, -0.25) is 4.79 Å². The fraction of sp³-hybridized carbons (Fsp3) is 0.909. The summed E-state index contributed by atoms with van der Waals surface area (Å²) in [4.78, 5) is 16.0. The van der Waals surface area contributed by atoms with Crippen molar-refractivity contribution in [2.45, 2.75) is 32.2 Å². The number of carbonyl (C=O) groups excluding carboxylic acids is 1. The number of likely N-dealkylation sites (N-methyl/N-ethyl adjacent to an activating group) is 1. The Hall–Kier alpha value is -0.610. The van der Waals surface area contributed by atoms with Gasteiger partial charge in [0.05, 0.1) is 0 Å². The SMILES string of the molecule is CCN(C)C(CN)CC(=O)N1CCCC1. The Morgan fingerprint density at radius 2 is 2.07 bits per heavy atom. The Bertz CT molecular complexity index is 202. The summed E-state index contributed by atoms with van der Waals surface area (Å²) >= 11 is 0. The minimum absolute atomic E-state index is 0.197. The average Bonchev–Trinajstić information content (AvgIpc) is 2.77. The van der Waals surface area contributed by atoms with E-state index in [9.17, 15) is 4.79 Å². The van der Waals surface area contributed by atoms with Crippen LogP contribution in [0.15, 0.2) is 0 Å². The molecule has 2 N–H and O–H groups in total. The van der Waals surface area contributed by atoms with Crippen molar-refractivity contribution in [2.75, 3.05) is 33.2 Å². The number of hydrogen-bond donors (Lipinski definition) is 1. The van der Waals surface area contributed by atoms with Gasteiger partial charge < -0.3 is 15.5 Å². The molecule has 0 aliphatic carbocycles. The first-order valence-electron chi connectivity index (χ1n) is 5.87. The maximum absolute atomic E-state index is 11.9. The molecule has 1 amide bonds. The van der Waals surface area contributed by atoms with Crippen LogP contribution in [0.5, 0.6) is 0 Å². The molecular formula is C11H23N3O. The lowest BCUT2D eigenvalue weighted by Crippen LogP contribution is -2.42. The van der Waals surface area contributed by atoms with Crippen LogP contribution >= 0.6 is 0 Å². The molecular weight excluding hydrogens is 190 g/mol. The molecule has 0 aromatic carbocycles. The third kappa shape index (κ3) is 3.47. The van der Waals surface area contributed by atoms with Crippen LogP contribution in [0.2, 0.25) is 0 Å². The molecule has 0 saturated carbocycles. The standard InChI is InChI=1S/C11H23N3O/c1-3-13(2)10(9-12)8-11(15)14-6-4-5-7-14/h10H,3-9,12H2,1-2H3. The Morgan fingerprint density at radius 1 is 1.47 bits per heavy atom. The van der Waals surface area contributed by atoms with Crippen LogP contribution in [0.3, 0.4) is 0 Å². The average molecular weight is 213 g/mol. The van der Waals surface area contributed by atoms with Crippen molar-refractivity contribution in [3.8, 4) is 0 Å². The zero-order chi connectivity index (χ0) is 11.3. The van der Waals surface area contributed by atoms with E-state index in [1.165, 1.54) is 0 Å². The molecule has 1 heterocycles. The Balaban J connectivity index is 2.39. The molecule has 88 valence electrons. The van der Waals surface area contributed by atoms with Crippen molar-refractivity contribution >= 4 is 5.91 Å². The van der Waals surface area contributed by atoms with Gasteiger partial charge in [-0.15, -0.1) is 0 Å². The lowest BCUT2D eigenvalue weighted by molar-refractivity contribution is -0.131. The third-order valence-electron chi connectivity index (χ3n) is 3.26. The highest BCUT2D eigenvalue weighted by molar-refractivity contribution is 5.77. The molecule has 1 fully saturated rings. The van der Waals surface area contributed by atoms with Crippen LogP contribution in [0.1, 0.15) is 26.2 Å². The predicted octanol–water partition coefficient (Wildman–Crippen LogP) is 0.278. The first-order chi connectivity index (χ1) is 7.19. The highest BCUT2D eigenvalue weighted by Crippen LogP contribution is 2.11. The summed E-state index contributed by atoms with van der Waals surface area (Å²) in [7, 11) is 2.02. The van der Waals surface area contributed by atoms with Crippen molar-refractivity contribution in [1.29, 1.82) is 0 Å². The molecule has 0 bridgehead atoms. The van der Waals surface area contributed by atoms with Gasteiger partial charge in [-0.25, -0.2) is 0 Å². The number of likely N-dealkylation sites (tertiary alicyclic amines) is 1. The lowest BCUT2D eigenvalue weighted by Gasteiger charge is -2.27. The van der Waals surface area contributed by atoms with Gasteiger partial charge in [0.2, 0.25) is 5.91 Å². The van der Waals surface area contributed by atoms with Gasteiger partial charge in [0, 0.05) is 32.1 Å². The van der Waals surface area contributed by atoms with Gasteiger partial charge in [0.15, 0.2) is 0 Å². The molecule has 1 aliphatic rings. The van der Waals surface area contributed by atoms with Gasteiger partial charge in [0.1, 0.15) is 0 Å². The predicted molar refractivity (Wildman–Crippen MR) is 61.6 cm³/mol. The molecule has 1 unspecified atom stereocenters. The van der Waals surface area contributed by atoms with E-state index in [1.54, 1.807) is 0 Å². The highest BCUT2D eigenvalue weighted by Gasteiger charge is 2.22. The summed E-state index contributed by atoms with van der Waals surface area (Å²) in [5.41, 5.74) is 5.68. The van der Waals surface area contributed by atoms with Crippen LogP contribution in [0.4, 0.5) is 0 Å². The number of amides is 1. The smallest absolute Gasteiger partial charge is 0.224 e.